The number of hydrogen-bond donors (Lipinski definition) is 1. The third-order valence-electron chi connectivity index (χ3n) is 4.23. The van der Waals surface area contributed by atoms with Crippen LogP contribution in [0.4, 0.5) is 0 Å². The van der Waals surface area contributed by atoms with Crippen LogP contribution < -0.4 is 0 Å². The molecule has 1 saturated heterocycles. The SMILES string of the molecule is CN(C1CCOCC1)C1CCCCCC1O. The van der Waals surface area contributed by atoms with Gasteiger partial charge in [-0.05, 0) is 32.7 Å². The standard InChI is InChI=1S/C13H25NO2/c1-14(11-7-9-16-10-8-11)12-5-3-2-4-6-13(12)15/h11-13,15H,2-10H2,1H3. The molecular weight excluding hydrogens is 202 g/mol. The number of nitrogens with zero attached hydrogens (tertiary/aromatic N) is 1. The highest BCUT2D eigenvalue weighted by Crippen LogP contribution is 2.25. The van der Waals surface area contributed by atoms with Gasteiger partial charge in [0, 0.05) is 25.3 Å². The molecule has 1 saturated carbocycles. The van der Waals surface area contributed by atoms with E-state index in [0.29, 0.717) is 12.1 Å². The lowest BCUT2D eigenvalue weighted by Gasteiger charge is -2.38. The normalized spacial score (nSPS) is 33.9. The maximum atomic E-state index is 10.2. The van der Waals surface area contributed by atoms with Crippen LogP contribution in [0.2, 0.25) is 0 Å². The first-order valence-corrected chi connectivity index (χ1v) is 6.77. The lowest BCUT2D eigenvalue weighted by atomic mass is 9.99. The van der Waals surface area contributed by atoms with Crippen molar-refractivity contribution in [2.45, 2.75) is 63.1 Å². The van der Waals surface area contributed by atoms with Crippen molar-refractivity contribution < 1.29 is 9.84 Å². The average Bonchev–Trinajstić information content (AvgIpc) is 2.54. The van der Waals surface area contributed by atoms with Gasteiger partial charge in [0.1, 0.15) is 0 Å². The maximum Gasteiger partial charge on any atom is 0.0695 e. The highest BCUT2D eigenvalue weighted by Gasteiger charge is 2.30. The van der Waals surface area contributed by atoms with Gasteiger partial charge in [-0.1, -0.05) is 19.3 Å². The number of hydrogen-bond acceptors (Lipinski definition) is 3. The van der Waals surface area contributed by atoms with Crippen LogP contribution in [0.3, 0.4) is 0 Å². The Kier molecular flexibility index (Phi) is 4.62. The summed E-state index contributed by atoms with van der Waals surface area (Å²) in [6.07, 6.45) is 8.03. The largest absolute Gasteiger partial charge is 0.391 e. The molecule has 1 aliphatic carbocycles. The zero-order valence-corrected chi connectivity index (χ0v) is 10.4. The second-order valence-electron chi connectivity index (χ2n) is 5.28. The summed E-state index contributed by atoms with van der Waals surface area (Å²) in [6.45, 7) is 1.77. The first-order chi connectivity index (χ1) is 7.79. The molecule has 1 aliphatic heterocycles. The molecule has 2 atom stereocenters. The second kappa shape index (κ2) is 5.99. The topological polar surface area (TPSA) is 32.7 Å². The van der Waals surface area contributed by atoms with E-state index < -0.39 is 0 Å². The van der Waals surface area contributed by atoms with E-state index in [-0.39, 0.29) is 6.10 Å². The highest BCUT2D eigenvalue weighted by atomic mass is 16.5. The predicted octanol–water partition coefficient (Wildman–Crippen LogP) is 1.79. The van der Waals surface area contributed by atoms with Gasteiger partial charge in [-0.25, -0.2) is 0 Å². The summed E-state index contributed by atoms with van der Waals surface area (Å²) in [5.41, 5.74) is 0. The molecule has 2 aliphatic rings. The van der Waals surface area contributed by atoms with Crippen molar-refractivity contribution in [1.29, 1.82) is 0 Å². The van der Waals surface area contributed by atoms with Gasteiger partial charge in [-0.2, -0.15) is 0 Å². The Bertz CT molecular complexity index is 204. The molecule has 1 N–H and O–H groups in total. The molecule has 0 bridgehead atoms. The van der Waals surface area contributed by atoms with Gasteiger partial charge in [0.15, 0.2) is 0 Å². The Morgan fingerprint density at radius 2 is 1.69 bits per heavy atom. The molecule has 0 aromatic rings. The molecule has 2 fully saturated rings. The minimum absolute atomic E-state index is 0.115. The van der Waals surface area contributed by atoms with E-state index in [9.17, 15) is 5.11 Å². The molecule has 0 radical (unpaired) electrons. The summed E-state index contributed by atoms with van der Waals surface area (Å²) in [6, 6.07) is 0.997. The zero-order chi connectivity index (χ0) is 11.4. The van der Waals surface area contributed by atoms with E-state index in [4.69, 9.17) is 4.74 Å². The molecule has 3 nitrogen and oxygen atoms in total. The van der Waals surface area contributed by atoms with Gasteiger partial charge < -0.3 is 9.84 Å². The Morgan fingerprint density at radius 3 is 2.44 bits per heavy atom. The molecule has 2 unspecified atom stereocenters. The fourth-order valence-electron chi connectivity index (χ4n) is 3.11. The highest BCUT2D eigenvalue weighted by molar-refractivity contribution is 4.84. The van der Waals surface area contributed by atoms with Crippen molar-refractivity contribution in [3.05, 3.63) is 0 Å². The fourth-order valence-corrected chi connectivity index (χ4v) is 3.11. The van der Waals surface area contributed by atoms with Crippen LogP contribution in [0.25, 0.3) is 0 Å². The van der Waals surface area contributed by atoms with E-state index in [2.05, 4.69) is 11.9 Å². The zero-order valence-electron chi connectivity index (χ0n) is 10.4. The molecule has 16 heavy (non-hydrogen) atoms. The number of ether oxygens (including phenoxy) is 1. The van der Waals surface area contributed by atoms with Gasteiger partial charge in [0.2, 0.25) is 0 Å². The summed E-state index contributed by atoms with van der Waals surface area (Å²) >= 11 is 0. The van der Waals surface area contributed by atoms with Crippen molar-refractivity contribution >= 4 is 0 Å². The van der Waals surface area contributed by atoms with E-state index >= 15 is 0 Å². The van der Waals surface area contributed by atoms with E-state index in [1.807, 2.05) is 0 Å². The van der Waals surface area contributed by atoms with Crippen molar-refractivity contribution in [2.75, 3.05) is 20.3 Å². The van der Waals surface area contributed by atoms with Crippen LogP contribution >= 0.6 is 0 Å². The molecule has 0 spiro atoms. The van der Waals surface area contributed by atoms with Crippen molar-refractivity contribution in [2.24, 2.45) is 0 Å². The molecular formula is C13H25NO2. The Balaban J connectivity index is 1.92. The number of likely N-dealkylation sites (N-methyl/N-ethyl adjacent to an activating group) is 1. The number of aliphatic hydroxyl groups is 1. The smallest absolute Gasteiger partial charge is 0.0695 e. The Morgan fingerprint density at radius 1 is 1.00 bits per heavy atom. The van der Waals surface area contributed by atoms with Crippen LogP contribution in [0.15, 0.2) is 0 Å². The van der Waals surface area contributed by atoms with Gasteiger partial charge in [0.05, 0.1) is 6.10 Å². The fraction of sp³-hybridized carbons (Fsp3) is 1.00. The molecule has 0 amide bonds. The van der Waals surface area contributed by atoms with Gasteiger partial charge >= 0.3 is 0 Å². The van der Waals surface area contributed by atoms with Crippen molar-refractivity contribution in [3.63, 3.8) is 0 Å². The molecule has 94 valence electrons. The third kappa shape index (κ3) is 2.96. The minimum Gasteiger partial charge on any atom is -0.391 e. The van der Waals surface area contributed by atoms with Gasteiger partial charge in [0.25, 0.3) is 0 Å². The molecule has 1 heterocycles. The third-order valence-corrected chi connectivity index (χ3v) is 4.23. The van der Waals surface area contributed by atoms with E-state index in [1.165, 1.54) is 19.3 Å². The second-order valence-corrected chi connectivity index (χ2v) is 5.28. The first kappa shape index (κ1) is 12.3. The predicted molar refractivity (Wildman–Crippen MR) is 64.5 cm³/mol. The lowest BCUT2D eigenvalue weighted by Crippen LogP contribution is -2.48. The summed E-state index contributed by atoms with van der Waals surface area (Å²) in [5, 5.41) is 10.2. The van der Waals surface area contributed by atoms with E-state index in [0.717, 1.165) is 38.9 Å². The average molecular weight is 227 g/mol. The first-order valence-electron chi connectivity index (χ1n) is 6.77. The monoisotopic (exact) mass is 227 g/mol. The van der Waals surface area contributed by atoms with Crippen LogP contribution in [-0.4, -0.2) is 48.5 Å². The number of rotatable bonds is 2. The van der Waals surface area contributed by atoms with Gasteiger partial charge in [-0.3, -0.25) is 4.90 Å². The lowest BCUT2D eigenvalue weighted by molar-refractivity contribution is -0.00899. The van der Waals surface area contributed by atoms with Crippen LogP contribution in [0, 0.1) is 0 Å². The van der Waals surface area contributed by atoms with Gasteiger partial charge in [-0.15, -0.1) is 0 Å². The van der Waals surface area contributed by atoms with Crippen LogP contribution in [0.1, 0.15) is 44.9 Å². The van der Waals surface area contributed by atoms with Crippen molar-refractivity contribution in [1.82, 2.24) is 4.90 Å². The molecule has 0 aromatic heterocycles. The number of aliphatic hydroxyl groups excluding tert-OH is 1. The Hall–Kier alpha value is -0.120. The van der Waals surface area contributed by atoms with E-state index in [1.54, 1.807) is 0 Å². The summed E-state index contributed by atoms with van der Waals surface area (Å²) in [4.78, 5) is 2.43. The summed E-state index contributed by atoms with van der Waals surface area (Å²) < 4.78 is 5.40. The quantitative estimate of drug-likeness (QED) is 0.730. The molecule has 3 heteroatoms. The maximum absolute atomic E-state index is 10.2. The van der Waals surface area contributed by atoms with Crippen molar-refractivity contribution in [3.8, 4) is 0 Å². The van der Waals surface area contributed by atoms with Crippen LogP contribution in [-0.2, 0) is 4.74 Å². The summed E-state index contributed by atoms with van der Waals surface area (Å²) in [7, 11) is 2.19. The molecule has 0 aromatic carbocycles. The van der Waals surface area contributed by atoms with Crippen LogP contribution in [0.5, 0.6) is 0 Å². The summed E-state index contributed by atoms with van der Waals surface area (Å²) in [5.74, 6) is 0. The Labute approximate surface area is 98.8 Å². The molecule has 2 rings (SSSR count). The minimum atomic E-state index is -0.115.